The van der Waals surface area contributed by atoms with Gasteiger partial charge in [0, 0.05) is 23.7 Å². The van der Waals surface area contributed by atoms with Gasteiger partial charge >= 0.3 is 0 Å². The van der Waals surface area contributed by atoms with Crippen molar-refractivity contribution in [3.8, 4) is 0 Å². The Kier molecular flexibility index (Phi) is 11.8. The van der Waals surface area contributed by atoms with Gasteiger partial charge in [-0.25, -0.2) is 4.99 Å². The number of halogens is 2. The van der Waals surface area contributed by atoms with Crippen LogP contribution in [0.1, 0.15) is 28.4 Å². The van der Waals surface area contributed by atoms with Gasteiger partial charge in [0.25, 0.3) is 5.91 Å². The molecule has 0 saturated carbocycles. The van der Waals surface area contributed by atoms with E-state index in [0.29, 0.717) is 24.6 Å². The van der Waals surface area contributed by atoms with Crippen LogP contribution in [0.15, 0.2) is 53.5 Å². The number of rotatable bonds is 9. The average molecular weight is 544 g/mol. The number of carbonyl (C=O) groups is 2. The lowest BCUT2D eigenvalue weighted by molar-refractivity contribution is -0.117. The highest BCUT2D eigenvalue weighted by Gasteiger charge is 2.06. The van der Waals surface area contributed by atoms with Crippen LogP contribution in [0.25, 0.3) is 0 Å². The van der Waals surface area contributed by atoms with Crippen molar-refractivity contribution < 1.29 is 9.59 Å². The molecule has 0 aliphatic carbocycles. The molecule has 0 atom stereocenters. The number of benzene rings is 2. The van der Waals surface area contributed by atoms with Gasteiger partial charge in [0.05, 0.1) is 13.1 Å². The Morgan fingerprint density at radius 3 is 2.37 bits per heavy atom. The molecule has 7 nitrogen and oxygen atoms in total. The molecule has 2 aromatic carbocycles. The highest BCUT2D eigenvalue weighted by atomic mass is 127. The summed E-state index contributed by atoms with van der Waals surface area (Å²) in [6, 6.07) is 14.8. The number of hydrogen-bond acceptors (Lipinski definition) is 3. The molecule has 162 valence electrons. The van der Waals surface area contributed by atoms with E-state index in [9.17, 15) is 9.59 Å². The number of nitrogens with two attached hydrogens (primary N) is 1. The summed E-state index contributed by atoms with van der Waals surface area (Å²) in [7, 11) is 0. The van der Waals surface area contributed by atoms with Crippen molar-refractivity contribution in [2.24, 2.45) is 10.7 Å². The first-order chi connectivity index (χ1) is 14.0. The molecule has 0 aromatic heterocycles. The van der Waals surface area contributed by atoms with Crippen LogP contribution in [0.5, 0.6) is 0 Å². The van der Waals surface area contributed by atoms with Gasteiger partial charge in [0.1, 0.15) is 0 Å². The Labute approximate surface area is 198 Å². The summed E-state index contributed by atoms with van der Waals surface area (Å²) in [6.07, 6.45) is 0.791. The molecule has 2 rings (SSSR count). The number of aliphatic imine (C=N–C) groups is 1. The van der Waals surface area contributed by atoms with E-state index in [4.69, 9.17) is 17.3 Å². The third-order valence-corrected chi connectivity index (χ3v) is 4.42. The highest BCUT2D eigenvalue weighted by Crippen LogP contribution is 2.14. The fraction of sp³-hybridized carbons (Fsp3) is 0.286. The van der Waals surface area contributed by atoms with Gasteiger partial charge in [-0.05, 0) is 42.7 Å². The molecule has 0 unspecified atom stereocenters. The summed E-state index contributed by atoms with van der Waals surface area (Å²) in [5.74, 6) is -0.210. The van der Waals surface area contributed by atoms with E-state index in [1.807, 2.05) is 43.3 Å². The highest BCUT2D eigenvalue weighted by molar-refractivity contribution is 14.0. The van der Waals surface area contributed by atoms with Gasteiger partial charge in [-0.15, -0.1) is 24.0 Å². The number of nitrogens with zero attached hydrogens (tertiary/aromatic N) is 1. The molecule has 2 aromatic rings. The van der Waals surface area contributed by atoms with Crippen molar-refractivity contribution in [1.82, 2.24) is 16.0 Å². The van der Waals surface area contributed by atoms with Crippen LogP contribution in [0.2, 0.25) is 5.02 Å². The van der Waals surface area contributed by atoms with Crippen LogP contribution < -0.4 is 21.7 Å². The molecule has 0 saturated heterocycles. The maximum Gasteiger partial charge on any atom is 0.251 e. The summed E-state index contributed by atoms with van der Waals surface area (Å²) < 4.78 is 0. The van der Waals surface area contributed by atoms with Crippen molar-refractivity contribution in [2.45, 2.75) is 19.9 Å². The Hall–Kier alpha value is -2.33. The summed E-state index contributed by atoms with van der Waals surface area (Å²) in [5.41, 5.74) is 7.53. The molecular formula is C21H27ClIN5O2. The van der Waals surface area contributed by atoms with E-state index >= 15 is 0 Å². The Balaban J connectivity index is 0.00000450. The van der Waals surface area contributed by atoms with E-state index in [2.05, 4.69) is 20.9 Å². The minimum Gasteiger partial charge on any atom is -0.368 e. The number of guanidine groups is 1. The summed E-state index contributed by atoms with van der Waals surface area (Å²) in [5, 5.41) is 9.72. The number of carbonyl (C=O) groups excluding carboxylic acids is 2. The van der Waals surface area contributed by atoms with E-state index in [1.165, 1.54) is 0 Å². The maximum absolute atomic E-state index is 11.9. The van der Waals surface area contributed by atoms with Crippen molar-refractivity contribution in [3.05, 3.63) is 70.2 Å². The van der Waals surface area contributed by atoms with Crippen LogP contribution in [-0.2, 0) is 17.8 Å². The SMILES string of the molecule is CCNC(=NCc1ccc(C(=O)NCC(N)=O)cc1)NCCc1ccccc1Cl.I. The second-order valence-corrected chi connectivity index (χ2v) is 6.72. The van der Waals surface area contributed by atoms with E-state index in [0.717, 1.165) is 29.1 Å². The Morgan fingerprint density at radius 1 is 1.03 bits per heavy atom. The van der Waals surface area contributed by atoms with Crippen LogP contribution in [0, 0.1) is 0 Å². The quantitative estimate of drug-likeness (QED) is 0.221. The predicted octanol–water partition coefficient (Wildman–Crippen LogP) is 2.47. The first kappa shape index (κ1) is 25.7. The van der Waals surface area contributed by atoms with Crippen LogP contribution in [0.3, 0.4) is 0 Å². The smallest absolute Gasteiger partial charge is 0.251 e. The van der Waals surface area contributed by atoms with Crippen LogP contribution in [-0.4, -0.2) is 37.4 Å². The number of nitrogens with one attached hydrogen (secondary N) is 3. The molecular weight excluding hydrogens is 517 g/mol. The molecule has 0 spiro atoms. The zero-order chi connectivity index (χ0) is 21.1. The maximum atomic E-state index is 11.9. The van der Waals surface area contributed by atoms with Gasteiger partial charge in [-0.1, -0.05) is 41.9 Å². The number of primary amides is 1. The average Bonchev–Trinajstić information content (AvgIpc) is 2.72. The Bertz CT molecular complexity index is 859. The van der Waals surface area contributed by atoms with Crippen molar-refractivity contribution >= 4 is 53.4 Å². The molecule has 0 bridgehead atoms. The largest absolute Gasteiger partial charge is 0.368 e. The first-order valence-corrected chi connectivity index (χ1v) is 9.78. The van der Waals surface area contributed by atoms with Gasteiger partial charge in [-0.2, -0.15) is 0 Å². The third-order valence-electron chi connectivity index (χ3n) is 4.05. The molecule has 0 aliphatic heterocycles. The fourth-order valence-corrected chi connectivity index (χ4v) is 2.79. The van der Waals surface area contributed by atoms with E-state index in [1.54, 1.807) is 12.1 Å². The third kappa shape index (κ3) is 9.00. The minimum absolute atomic E-state index is 0. The molecule has 0 radical (unpaired) electrons. The van der Waals surface area contributed by atoms with E-state index < -0.39 is 5.91 Å². The normalized spacial score (nSPS) is 10.7. The molecule has 5 N–H and O–H groups in total. The Morgan fingerprint density at radius 2 is 1.73 bits per heavy atom. The molecule has 9 heteroatoms. The molecule has 0 fully saturated rings. The van der Waals surface area contributed by atoms with Crippen molar-refractivity contribution in [3.63, 3.8) is 0 Å². The summed E-state index contributed by atoms with van der Waals surface area (Å²) in [4.78, 5) is 27.2. The zero-order valence-corrected chi connectivity index (χ0v) is 19.9. The van der Waals surface area contributed by atoms with Gasteiger partial charge in [0.2, 0.25) is 5.91 Å². The lowest BCUT2D eigenvalue weighted by Gasteiger charge is -2.12. The standard InChI is InChI=1S/C21H26ClN5O2.HI/c1-2-24-21(25-12-11-16-5-3-4-6-18(16)22)27-13-15-7-9-17(10-8-15)20(29)26-14-19(23)28;/h3-10H,2,11-14H2,1H3,(H2,23,28)(H,26,29)(H2,24,25,27);1H. The van der Waals surface area contributed by atoms with E-state index in [-0.39, 0.29) is 36.4 Å². The molecule has 30 heavy (non-hydrogen) atoms. The van der Waals surface area contributed by atoms with Crippen molar-refractivity contribution in [1.29, 1.82) is 0 Å². The summed E-state index contributed by atoms with van der Waals surface area (Å²) >= 11 is 6.19. The summed E-state index contributed by atoms with van der Waals surface area (Å²) in [6.45, 7) is 3.73. The van der Waals surface area contributed by atoms with Crippen LogP contribution >= 0.6 is 35.6 Å². The second kappa shape index (κ2) is 13.8. The minimum atomic E-state index is -0.581. The predicted molar refractivity (Wildman–Crippen MR) is 131 cm³/mol. The lowest BCUT2D eigenvalue weighted by atomic mass is 10.1. The topological polar surface area (TPSA) is 109 Å². The molecule has 2 amide bonds. The zero-order valence-electron chi connectivity index (χ0n) is 16.8. The van der Waals surface area contributed by atoms with Gasteiger partial charge in [-0.3, -0.25) is 9.59 Å². The first-order valence-electron chi connectivity index (χ1n) is 9.40. The molecule has 0 aliphatic rings. The number of hydrogen-bond donors (Lipinski definition) is 4. The van der Waals surface area contributed by atoms with Gasteiger partial charge in [0.15, 0.2) is 5.96 Å². The fourth-order valence-electron chi connectivity index (χ4n) is 2.56. The van der Waals surface area contributed by atoms with Crippen molar-refractivity contribution in [2.75, 3.05) is 19.6 Å². The monoisotopic (exact) mass is 543 g/mol. The molecule has 0 heterocycles. The van der Waals surface area contributed by atoms with Crippen LogP contribution in [0.4, 0.5) is 0 Å². The lowest BCUT2D eigenvalue weighted by Crippen LogP contribution is -2.38. The number of amides is 2. The second-order valence-electron chi connectivity index (χ2n) is 6.31. The van der Waals surface area contributed by atoms with Gasteiger partial charge < -0.3 is 21.7 Å².